The van der Waals surface area contributed by atoms with E-state index in [1.807, 2.05) is 6.07 Å². The highest BCUT2D eigenvalue weighted by atomic mass is 16.6. The molecule has 0 saturated heterocycles. The third-order valence-corrected chi connectivity index (χ3v) is 4.02. The van der Waals surface area contributed by atoms with Crippen molar-refractivity contribution in [2.45, 2.75) is 51.8 Å². The van der Waals surface area contributed by atoms with Gasteiger partial charge in [-0.3, -0.25) is 4.79 Å². The molecule has 25 heavy (non-hydrogen) atoms. The van der Waals surface area contributed by atoms with Gasteiger partial charge in [0.25, 0.3) is 0 Å². The molecular formula is C17H24BNO6. The third kappa shape index (κ3) is 5.29. The Bertz CT molecular complexity index is 623. The fourth-order valence-electron chi connectivity index (χ4n) is 2.79. The fraction of sp³-hybridized carbons (Fsp3) is 0.529. The zero-order valence-electron chi connectivity index (χ0n) is 14.5. The van der Waals surface area contributed by atoms with Crippen LogP contribution in [0.2, 0.25) is 0 Å². The number of ether oxygens (including phenoxy) is 1. The van der Waals surface area contributed by atoms with Gasteiger partial charge in [-0.25, -0.2) is 0 Å². The third-order valence-electron chi connectivity index (χ3n) is 4.02. The summed E-state index contributed by atoms with van der Waals surface area (Å²) in [6, 6.07) is 5.26. The smallest absolute Gasteiger partial charge is 0.534 e. The van der Waals surface area contributed by atoms with E-state index in [0.717, 1.165) is 5.56 Å². The highest BCUT2D eigenvalue weighted by molar-refractivity contribution is 6.46. The molecular weight excluding hydrogens is 325 g/mol. The van der Waals surface area contributed by atoms with E-state index in [1.54, 1.807) is 19.1 Å². The number of carbonyl (C=O) groups excluding carboxylic acids is 2. The lowest BCUT2D eigenvalue weighted by Crippen LogP contribution is -2.53. The van der Waals surface area contributed by atoms with Gasteiger partial charge >= 0.3 is 7.12 Å². The van der Waals surface area contributed by atoms with Gasteiger partial charge < -0.3 is 29.6 Å². The quantitative estimate of drug-likeness (QED) is 0.476. The molecule has 0 fully saturated rings. The van der Waals surface area contributed by atoms with E-state index in [-0.39, 0.29) is 18.1 Å². The van der Waals surface area contributed by atoms with Gasteiger partial charge in [-0.2, -0.15) is 0 Å². The molecule has 1 unspecified atom stereocenters. The molecule has 1 aromatic carbocycles. The van der Waals surface area contributed by atoms with Crippen molar-refractivity contribution in [2.75, 3.05) is 6.61 Å². The molecule has 0 aliphatic carbocycles. The van der Waals surface area contributed by atoms with Crippen molar-refractivity contribution in [3.8, 4) is 5.75 Å². The Morgan fingerprint density at radius 2 is 2.20 bits per heavy atom. The van der Waals surface area contributed by atoms with Gasteiger partial charge in [-0.15, -0.1) is 0 Å². The number of para-hydroxylation sites is 1. The molecule has 1 aromatic rings. The monoisotopic (exact) mass is 349 g/mol. The first-order valence-electron chi connectivity index (χ1n) is 8.47. The standard InChI is InChI=1S/C17H24BNO6/c1-3-24-17(22)13-8-5-7-12-10-14(18(23)25-16(12)13)19-15(21)9-4-6-11(2)20/h5,7-8,14,17,22-23H,3-4,6,9-10H2,1-2H3,(H,19,21)/t14-,17?/m0/s1. The van der Waals surface area contributed by atoms with Crippen LogP contribution < -0.4 is 9.97 Å². The first-order valence-corrected chi connectivity index (χ1v) is 8.47. The molecule has 1 amide bonds. The summed E-state index contributed by atoms with van der Waals surface area (Å²) in [7, 11) is -1.22. The van der Waals surface area contributed by atoms with Crippen LogP contribution in [0.3, 0.4) is 0 Å². The summed E-state index contributed by atoms with van der Waals surface area (Å²) in [6.45, 7) is 3.60. The van der Waals surface area contributed by atoms with Crippen LogP contribution in [0, 0.1) is 0 Å². The van der Waals surface area contributed by atoms with Crippen LogP contribution in [0.1, 0.15) is 50.5 Å². The molecule has 0 bridgehead atoms. The molecule has 0 radical (unpaired) electrons. The minimum atomic E-state index is -1.22. The highest BCUT2D eigenvalue weighted by Gasteiger charge is 2.37. The van der Waals surface area contributed by atoms with Crippen LogP contribution in [0.4, 0.5) is 0 Å². The number of hydrogen-bond acceptors (Lipinski definition) is 6. The van der Waals surface area contributed by atoms with E-state index in [1.165, 1.54) is 6.92 Å². The van der Waals surface area contributed by atoms with Gasteiger partial charge in [0.15, 0.2) is 6.29 Å². The van der Waals surface area contributed by atoms with Gasteiger partial charge in [0.1, 0.15) is 11.5 Å². The minimum Gasteiger partial charge on any atom is -0.534 e. The van der Waals surface area contributed by atoms with Crippen molar-refractivity contribution in [3.63, 3.8) is 0 Å². The number of benzene rings is 1. The molecule has 0 saturated carbocycles. The zero-order chi connectivity index (χ0) is 18.4. The molecule has 1 heterocycles. The van der Waals surface area contributed by atoms with Gasteiger partial charge in [0.2, 0.25) is 5.91 Å². The largest absolute Gasteiger partial charge is 0.547 e. The summed E-state index contributed by atoms with van der Waals surface area (Å²) in [5.74, 6) is -0.388. The molecule has 2 atom stereocenters. The van der Waals surface area contributed by atoms with Crippen LogP contribution in [-0.2, 0) is 20.7 Å². The van der Waals surface area contributed by atoms with Crippen LogP contribution in [0.15, 0.2) is 18.2 Å². The Morgan fingerprint density at radius 1 is 1.44 bits per heavy atom. The van der Waals surface area contributed by atoms with Crippen molar-refractivity contribution in [1.82, 2.24) is 5.32 Å². The van der Waals surface area contributed by atoms with E-state index in [4.69, 9.17) is 9.39 Å². The summed E-state index contributed by atoms with van der Waals surface area (Å²) in [4.78, 5) is 22.9. The average Bonchev–Trinajstić information content (AvgIpc) is 2.55. The molecule has 2 rings (SSSR count). The lowest BCUT2D eigenvalue weighted by molar-refractivity contribution is -0.121. The summed E-state index contributed by atoms with van der Waals surface area (Å²) >= 11 is 0. The SMILES string of the molecule is CCOC(O)c1cccc2c1OB(O)[C@@H](NC(=O)CCCC(C)=O)C2. The predicted octanol–water partition coefficient (Wildman–Crippen LogP) is 0.913. The average molecular weight is 349 g/mol. The van der Waals surface area contributed by atoms with Crippen LogP contribution in [-0.4, -0.2) is 41.5 Å². The van der Waals surface area contributed by atoms with Crippen molar-refractivity contribution >= 4 is 18.8 Å². The van der Waals surface area contributed by atoms with Crippen LogP contribution >= 0.6 is 0 Å². The molecule has 7 nitrogen and oxygen atoms in total. The van der Waals surface area contributed by atoms with Crippen molar-refractivity contribution < 1.29 is 29.1 Å². The van der Waals surface area contributed by atoms with Crippen molar-refractivity contribution in [3.05, 3.63) is 29.3 Å². The molecule has 136 valence electrons. The van der Waals surface area contributed by atoms with Gasteiger partial charge in [-0.05, 0) is 32.3 Å². The van der Waals surface area contributed by atoms with E-state index in [2.05, 4.69) is 5.32 Å². The number of ketones is 1. The molecule has 0 aromatic heterocycles. The maximum atomic E-state index is 12.0. The summed E-state index contributed by atoms with van der Waals surface area (Å²) in [6.07, 6.45) is 0.301. The Labute approximate surface area is 147 Å². The lowest BCUT2D eigenvalue weighted by atomic mass is 9.72. The molecule has 3 N–H and O–H groups in total. The maximum absolute atomic E-state index is 12.0. The number of Topliss-reactive ketones (excluding diaryl/α,β-unsaturated/α-hetero) is 1. The van der Waals surface area contributed by atoms with E-state index in [9.17, 15) is 19.7 Å². The molecule has 0 spiro atoms. The zero-order valence-corrected chi connectivity index (χ0v) is 14.5. The first kappa shape index (κ1) is 19.4. The highest BCUT2D eigenvalue weighted by Crippen LogP contribution is 2.34. The number of amides is 1. The lowest BCUT2D eigenvalue weighted by Gasteiger charge is -2.30. The van der Waals surface area contributed by atoms with Crippen LogP contribution in [0.25, 0.3) is 0 Å². The Morgan fingerprint density at radius 3 is 2.88 bits per heavy atom. The topological polar surface area (TPSA) is 105 Å². The van der Waals surface area contributed by atoms with Gasteiger partial charge in [0, 0.05) is 25.0 Å². The second-order valence-electron chi connectivity index (χ2n) is 6.09. The molecule has 1 aliphatic heterocycles. The summed E-state index contributed by atoms with van der Waals surface area (Å²) in [5.41, 5.74) is 1.22. The van der Waals surface area contributed by atoms with E-state index < -0.39 is 19.3 Å². The number of fused-ring (bicyclic) bond motifs is 1. The number of aliphatic hydroxyl groups is 1. The summed E-state index contributed by atoms with van der Waals surface area (Å²) in [5, 5.41) is 23.0. The Hall–Kier alpha value is -1.90. The van der Waals surface area contributed by atoms with Gasteiger partial charge in [-0.1, -0.05) is 18.2 Å². The molecule has 8 heteroatoms. The van der Waals surface area contributed by atoms with Gasteiger partial charge in [0.05, 0.1) is 5.94 Å². The number of rotatable bonds is 8. The maximum Gasteiger partial charge on any atom is 0.547 e. The van der Waals surface area contributed by atoms with Crippen molar-refractivity contribution in [2.24, 2.45) is 0 Å². The minimum absolute atomic E-state index is 0.0446. The van der Waals surface area contributed by atoms with Crippen molar-refractivity contribution in [1.29, 1.82) is 0 Å². The Kier molecular flexibility index (Phi) is 6.98. The number of carbonyl (C=O) groups is 2. The van der Waals surface area contributed by atoms with E-state index in [0.29, 0.717) is 37.2 Å². The fourth-order valence-corrected chi connectivity index (χ4v) is 2.79. The van der Waals surface area contributed by atoms with Crippen LogP contribution in [0.5, 0.6) is 5.75 Å². The molecule has 1 aliphatic rings. The second kappa shape index (κ2) is 8.98. The Balaban J connectivity index is 2.02. The first-order chi connectivity index (χ1) is 11.9. The number of hydrogen-bond donors (Lipinski definition) is 3. The normalized spacial score (nSPS) is 17.4. The number of nitrogens with one attached hydrogen (secondary N) is 1. The second-order valence-corrected chi connectivity index (χ2v) is 6.09. The predicted molar refractivity (Wildman–Crippen MR) is 91.8 cm³/mol. The van der Waals surface area contributed by atoms with E-state index >= 15 is 0 Å². The summed E-state index contributed by atoms with van der Waals surface area (Å²) < 4.78 is 10.7. The number of aliphatic hydroxyl groups excluding tert-OH is 1.